The van der Waals surface area contributed by atoms with Gasteiger partial charge in [-0.25, -0.2) is 0 Å². The van der Waals surface area contributed by atoms with Crippen LogP contribution in [-0.4, -0.2) is 37.9 Å². The molecule has 3 nitrogen and oxygen atoms in total. The molecule has 0 aromatic rings. The van der Waals surface area contributed by atoms with Crippen LogP contribution in [0.2, 0.25) is 0 Å². The van der Waals surface area contributed by atoms with E-state index in [0.29, 0.717) is 12.0 Å². The predicted octanol–water partition coefficient (Wildman–Crippen LogP) is 2.03. The maximum absolute atomic E-state index is 5.53. The van der Waals surface area contributed by atoms with E-state index in [1.807, 2.05) is 0 Å². The fourth-order valence-electron chi connectivity index (χ4n) is 1.19. The van der Waals surface area contributed by atoms with Crippen LogP contribution in [0.3, 0.4) is 0 Å². The summed E-state index contributed by atoms with van der Waals surface area (Å²) in [6.45, 7) is 16.6. The van der Waals surface area contributed by atoms with E-state index in [4.69, 9.17) is 4.74 Å². The molecule has 16 heavy (non-hydrogen) atoms. The predicted molar refractivity (Wildman–Crippen MR) is 70.9 cm³/mol. The molecule has 0 aliphatic heterocycles. The highest BCUT2D eigenvalue weighted by molar-refractivity contribution is 4.69. The monoisotopic (exact) mass is 230 g/mol. The topological polar surface area (TPSA) is 33.3 Å². The lowest BCUT2D eigenvalue weighted by Gasteiger charge is -2.20. The molecule has 0 spiro atoms. The molecule has 0 saturated carbocycles. The van der Waals surface area contributed by atoms with Crippen molar-refractivity contribution in [2.75, 3.05) is 26.3 Å². The molecule has 1 unspecified atom stereocenters. The zero-order valence-corrected chi connectivity index (χ0v) is 11.9. The first-order valence-corrected chi connectivity index (χ1v) is 6.39. The fraction of sp³-hybridized carbons (Fsp3) is 1.00. The first kappa shape index (κ1) is 15.9. The zero-order chi connectivity index (χ0) is 12.6. The highest BCUT2D eigenvalue weighted by atomic mass is 16.5. The molecule has 3 heteroatoms. The third kappa shape index (κ3) is 10.4. The van der Waals surface area contributed by atoms with Crippen LogP contribution in [0, 0.1) is 5.92 Å². The van der Waals surface area contributed by atoms with Gasteiger partial charge in [-0.2, -0.15) is 0 Å². The minimum Gasteiger partial charge on any atom is -0.379 e. The first-order chi connectivity index (χ1) is 7.33. The molecule has 0 aromatic carbocycles. The summed E-state index contributed by atoms with van der Waals surface area (Å²) in [5.74, 6) is 0.683. The van der Waals surface area contributed by atoms with Crippen molar-refractivity contribution < 1.29 is 4.74 Å². The van der Waals surface area contributed by atoms with Gasteiger partial charge in [0.05, 0.1) is 13.2 Å². The Labute approximate surface area is 101 Å². The van der Waals surface area contributed by atoms with Crippen molar-refractivity contribution in [2.45, 2.75) is 53.1 Å². The van der Waals surface area contributed by atoms with Gasteiger partial charge < -0.3 is 15.4 Å². The Morgan fingerprint density at radius 3 is 2.06 bits per heavy atom. The molecule has 98 valence electrons. The summed E-state index contributed by atoms with van der Waals surface area (Å²) in [6, 6.07) is 0.566. The van der Waals surface area contributed by atoms with Crippen LogP contribution in [0.4, 0.5) is 0 Å². The molecule has 0 saturated heterocycles. The summed E-state index contributed by atoms with van der Waals surface area (Å²) in [5.41, 5.74) is 0.188. The average molecular weight is 230 g/mol. The summed E-state index contributed by atoms with van der Waals surface area (Å²) >= 11 is 0. The van der Waals surface area contributed by atoms with Crippen molar-refractivity contribution in [1.82, 2.24) is 10.6 Å². The van der Waals surface area contributed by atoms with E-state index in [1.165, 1.54) is 0 Å². The first-order valence-electron chi connectivity index (χ1n) is 6.39. The second-order valence-corrected chi connectivity index (χ2v) is 5.78. The van der Waals surface area contributed by atoms with E-state index in [0.717, 1.165) is 26.3 Å². The van der Waals surface area contributed by atoms with Crippen LogP contribution >= 0.6 is 0 Å². The summed E-state index contributed by atoms with van der Waals surface area (Å²) < 4.78 is 5.53. The molecule has 0 rings (SSSR count). The van der Waals surface area contributed by atoms with E-state index in [2.05, 4.69) is 52.2 Å². The minimum atomic E-state index is 0.188. The third-order valence-corrected chi connectivity index (χ3v) is 2.61. The molecular weight excluding hydrogens is 200 g/mol. The largest absolute Gasteiger partial charge is 0.379 e. The lowest BCUT2D eigenvalue weighted by Crippen LogP contribution is -2.38. The lowest BCUT2D eigenvalue weighted by molar-refractivity contribution is 0.129. The van der Waals surface area contributed by atoms with Crippen molar-refractivity contribution in [1.29, 1.82) is 0 Å². The number of hydrogen-bond acceptors (Lipinski definition) is 3. The van der Waals surface area contributed by atoms with Crippen molar-refractivity contribution in [2.24, 2.45) is 5.92 Å². The highest BCUT2D eigenvalue weighted by Gasteiger charge is 2.07. The second-order valence-electron chi connectivity index (χ2n) is 5.78. The Morgan fingerprint density at radius 2 is 1.56 bits per heavy atom. The molecule has 0 radical (unpaired) electrons. The number of ether oxygens (including phenoxy) is 1. The SMILES string of the molecule is CC(C)C(C)NCCOCCNC(C)(C)C. The van der Waals surface area contributed by atoms with Gasteiger partial charge in [0.25, 0.3) is 0 Å². The van der Waals surface area contributed by atoms with Gasteiger partial charge >= 0.3 is 0 Å². The normalized spacial score (nSPS) is 14.4. The van der Waals surface area contributed by atoms with Crippen LogP contribution in [0.1, 0.15) is 41.5 Å². The Kier molecular flexibility index (Phi) is 7.98. The van der Waals surface area contributed by atoms with E-state index in [1.54, 1.807) is 0 Å². The van der Waals surface area contributed by atoms with Gasteiger partial charge in [0, 0.05) is 24.7 Å². The van der Waals surface area contributed by atoms with E-state index >= 15 is 0 Å². The van der Waals surface area contributed by atoms with Gasteiger partial charge in [0.1, 0.15) is 0 Å². The van der Waals surface area contributed by atoms with Crippen molar-refractivity contribution in [3.05, 3.63) is 0 Å². The average Bonchev–Trinajstić information content (AvgIpc) is 2.14. The minimum absolute atomic E-state index is 0.188. The van der Waals surface area contributed by atoms with Crippen LogP contribution in [0.5, 0.6) is 0 Å². The van der Waals surface area contributed by atoms with Gasteiger partial charge in [-0.1, -0.05) is 13.8 Å². The molecule has 0 aliphatic rings. The quantitative estimate of drug-likeness (QED) is 0.626. The Bertz CT molecular complexity index is 164. The molecule has 2 N–H and O–H groups in total. The van der Waals surface area contributed by atoms with Crippen LogP contribution in [0.15, 0.2) is 0 Å². The Hall–Kier alpha value is -0.120. The van der Waals surface area contributed by atoms with Crippen LogP contribution in [-0.2, 0) is 4.74 Å². The number of rotatable bonds is 8. The zero-order valence-electron chi connectivity index (χ0n) is 11.9. The Balaban J connectivity index is 3.22. The summed E-state index contributed by atoms with van der Waals surface area (Å²) in [6.07, 6.45) is 0. The fourth-order valence-corrected chi connectivity index (χ4v) is 1.19. The number of hydrogen-bond donors (Lipinski definition) is 2. The number of nitrogens with one attached hydrogen (secondary N) is 2. The molecule has 1 atom stereocenters. The molecular formula is C13H30N2O. The van der Waals surface area contributed by atoms with E-state index in [-0.39, 0.29) is 5.54 Å². The molecule has 0 heterocycles. The van der Waals surface area contributed by atoms with Gasteiger partial charge in [0.15, 0.2) is 0 Å². The molecule has 0 aliphatic carbocycles. The lowest BCUT2D eigenvalue weighted by atomic mass is 10.1. The van der Waals surface area contributed by atoms with E-state index in [9.17, 15) is 0 Å². The summed E-state index contributed by atoms with van der Waals surface area (Å²) in [5, 5.41) is 6.84. The van der Waals surface area contributed by atoms with Crippen molar-refractivity contribution in [3.63, 3.8) is 0 Å². The molecule has 0 bridgehead atoms. The maximum atomic E-state index is 5.53. The molecule has 0 aromatic heterocycles. The van der Waals surface area contributed by atoms with Gasteiger partial charge in [-0.15, -0.1) is 0 Å². The van der Waals surface area contributed by atoms with Crippen molar-refractivity contribution in [3.8, 4) is 0 Å². The Morgan fingerprint density at radius 1 is 1.00 bits per heavy atom. The summed E-state index contributed by atoms with van der Waals surface area (Å²) in [7, 11) is 0. The highest BCUT2D eigenvalue weighted by Crippen LogP contribution is 1.98. The molecule has 0 fully saturated rings. The van der Waals surface area contributed by atoms with Crippen LogP contribution in [0.25, 0.3) is 0 Å². The van der Waals surface area contributed by atoms with Gasteiger partial charge in [0.2, 0.25) is 0 Å². The maximum Gasteiger partial charge on any atom is 0.0591 e. The second kappa shape index (κ2) is 8.04. The standard InChI is InChI=1S/C13H30N2O/c1-11(2)12(3)14-7-9-16-10-8-15-13(4,5)6/h11-12,14-15H,7-10H2,1-6H3. The summed E-state index contributed by atoms with van der Waals surface area (Å²) in [4.78, 5) is 0. The molecule has 0 amide bonds. The van der Waals surface area contributed by atoms with Gasteiger partial charge in [-0.05, 0) is 33.6 Å². The smallest absolute Gasteiger partial charge is 0.0591 e. The third-order valence-electron chi connectivity index (χ3n) is 2.61. The van der Waals surface area contributed by atoms with Crippen LogP contribution < -0.4 is 10.6 Å². The van der Waals surface area contributed by atoms with Crippen molar-refractivity contribution >= 4 is 0 Å². The van der Waals surface area contributed by atoms with Gasteiger partial charge in [-0.3, -0.25) is 0 Å². The van der Waals surface area contributed by atoms with E-state index < -0.39 is 0 Å².